The van der Waals surface area contributed by atoms with Gasteiger partial charge in [0.05, 0.1) is 5.60 Å². The fraction of sp³-hybridized carbons (Fsp3) is 0.409. The molecule has 1 heterocycles. The Balaban J connectivity index is 0.00000280. The number of nitrogens with one attached hydrogen (secondary N) is 1. The van der Waals surface area contributed by atoms with Crippen molar-refractivity contribution in [3.8, 4) is 5.75 Å². The first-order valence-corrected chi connectivity index (χ1v) is 9.51. The number of rotatable bonds is 6. The van der Waals surface area contributed by atoms with Gasteiger partial charge in [0, 0.05) is 38.2 Å². The predicted molar refractivity (Wildman–Crippen MR) is 113 cm³/mol. The molecule has 3 rings (SSSR count). The summed E-state index contributed by atoms with van der Waals surface area (Å²) in [6.45, 7) is 5.06. The number of phenolic OH excluding ortho intramolecular Hbond substituents is 1. The minimum absolute atomic E-state index is 0. The number of amides is 1. The Morgan fingerprint density at radius 2 is 1.68 bits per heavy atom. The number of aliphatic hydroxyl groups is 1. The highest BCUT2D eigenvalue weighted by molar-refractivity contribution is 5.94. The molecule has 2 aromatic rings. The molecule has 0 atom stereocenters. The number of carbonyl (C=O) groups excluding carboxylic acids is 1. The van der Waals surface area contributed by atoms with Gasteiger partial charge in [-0.2, -0.15) is 0 Å². The fourth-order valence-electron chi connectivity index (χ4n) is 3.50. The van der Waals surface area contributed by atoms with Gasteiger partial charge >= 0.3 is 0 Å². The first kappa shape index (κ1) is 22.2. The van der Waals surface area contributed by atoms with Crippen LogP contribution in [-0.2, 0) is 6.42 Å². The van der Waals surface area contributed by atoms with Gasteiger partial charge in [-0.05, 0) is 49.6 Å². The maximum Gasteiger partial charge on any atom is 0.251 e. The van der Waals surface area contributed by atoms with E-state index < -0.39 is 5.60 Å². The summed E-state index contributed by atoms with van der Waals surface area (Å²) >= 11 is 0. The lowest BCUT2D eigenvalue weighted by molar-refractivity contribution is -0.0202. The average Bonchev–Trinajstić information content (AvgIpc) is 2.66. The number of carbonyl (C=O) groups is 1. The van der Waals surface area contributed by atoms with Crippen molar-refractivity contribution >= 4 is 18.3 Å². The third-order valence-electron chi connectivity index (χ3n) is 5.28. The van der Waals surface area contributed by atoms with Gasteiger partial charge < -0.3 is 20.4 Å². The molecule has 0 bridgehead atoms. The van der Waals surface area contributed by atoms with Gasteiger partial charge in [0.1, 0.15) is 5.75 Å². The van der Waals surface area contributed by atoms with Crippen molar-refractivity contribution in [2.24, 2.45) is 0 Å². The van der Waals surface area contributed by atoms with E-state index in [2.05, 4.69) is 41.4 Å². The van der Waals surface area contributed by atoms with E-state index in [1.54, 1.807) is 12.1 Å². The molecule has 0 aromatic heterocycles. The summed E-state index contributed by atoms with van der Waals surface area (Å²) in [4.78, 5) is 14.4. The van der Waals surface area contributed by atoms with Crippen molar-refractivity contribution in [2.75, 3.05) is 26.2 Å². The van der Waals surface area contributed by atoms with Crippen LogP contribution in [0, 0.1) is 6.92 Å². The van der Waals surface area contributed by atoms with E-state index in [-0.39, 0.29) is 24.1 Å². The number of phenols is 1. The van der Waals surface area contributed by atoms with E-state index in [0.717, 1.165) is 32.5 Å². The van der Waals surface area contributed by atoms with Crippen LogP contribution in [0.15, 0.2) is 48.5 Å². The molecule has 1 saturated heterocycles. The van der Waals surface area contributed by atoms with E-state index in [0.29, 0.717) is 18.5 Å². The first-order chi connectivity index (χ1) is 12.9. The summed E-state index contributed by atoms with van der Waals surface area (Å²) in [5.74, 6) is 0.0147. The van der Waals surface area contributed by atoms with E-state index in [1.807, 2.05) is 0 Å². The Kier molecular flexibility index (Phi) is 7.87. The summed E-state index contributed by atoms with van der Waals surface area (Å²) < 4.78 is 0. The summed E-state index contributed by atoms with van der Waals surface area (Å²) in [7, 11) is 0. The smallest absolute Gasteiger partial charge is 0.251 e. The molecule has 152 valence electrons. The largest absolute Gasteiger partial charge is 0.508 e. The maximum atomic E-state index is 12.1. The van der Waals surface area contributed by atoms with Gasteiger partial charge in [-0.15, -0.1) is 12.4 Å². The van der Waals surface area contributed by atoms with Gasteiger partial charge in [-0.25, -0.2) is 0 Å². The van der Waals surface area contributed by atoms with Gasteiger partial charge in [0.25, 0.3) is 5.91 Å². The molecule has 6 heteroatoms. The Labute approximate surface area is 172 Å². The molecule has 1 fully saturated rings. The number of piperidine rings is 1. The number of aryl methyl sites for hydroxylation is 1. The second-order valence-electron chi connectivity index (χ2n) is 7.53. The summed E-state index contributed by atoms with van der Waals surface area (Å²) in [5, 5.41) is 23.1. The lowest BCUT2D eigenvalue weighted by Crippen LogP contribution is -2.47. The van der Waals surface area contributed by atoms with Crippen LogP contribution in [0.4, 0.5) is 0 Å². The first-order valence-electron chi connectivity index (χ1n) is 9.51. The van der Waals surface area contributed by atoms with Crippen LogP contribution in [0.2, 0.25) is 0 Å². The van der Waals surface area contributed by atoms with E-state index in [1.165, 1.54) is 23.3 Å². The minimum Gasteiger partial charge on any atom is -0.508 e. The topological polar surface area (TPSA) is 72.8 Å². The standard InChI is InChI=1S/C22H28N2O3.ClH/c1-17-2-4-18(5-3-17)16-22(27)10-13-24(14-11-22)15-12-23-21(26)19-6-8-20(25)9-7-19;/h2-9,25,27H,10-16H2,1H3,(H,23,26);1H. The molecule has 1 aliphatic rings. The molecule has 0 spiro atoms. The van der Waals surface area contributed by atoms with Crippen molar-refractivity contribution in [3.05, 3.63) is 65.2 Å². The number of hydrogen-bond acceptors (Lipinski definition) is 4. The monoisotopic (exact) mass is 404 g/mol. The van der Waals surface area contributed by atoms with Crippen LogP contribution >= 0.6 is 12.4 Å². The quantitative estimate of drug-likeness (QED) is 0.692. The minimum atomic E-state index is -0.638. The number of nitrogens with zero attached hydrogens (tertiary/aromatic N) is 1. The normalized spacial score (nSPS) is 16.2. The van der Waals surface area contributed by atoms with Crippen LogP contribution in [0.5, 0.6) is 5.75 Å². The van der Waals surface area contributed by atoms with Crippen molar-refractivity contribution in [2.45, 2.75) is 31.8 Å². The Morgan fingerprint density at radius 1 is 1.07 bits per heavy atom. The zero-order valence-corrected chi connectivity index (χ0v) is 17.0. The third kappa shape index (κ3) is 6.23. The average molecular weight is 405 g/mol. The number of hydrogen-bond donors (Lipinski definition) is 3. The van der Waals surface area contributed by atoms with Gasteiger partial charge in [0.15, 0.2) is 0 Å². The Morgan fingerprint density at radius 3 is 2.29 bits per heavy atom. The van der Waals surface area contributed by atoms with Crippen LogP contribution in [0.3, 0.4) is 0 Å². The van der Waals surface area contributed by atoms with Crippen molar-refractivity contribution < 1.29 is 15.0 Å². The molecule has 1 amide bonds. The predicted octanol–water partition coefficient (Wildman–Crippen LogP) is 2.92. The van der Waals surface area contributed by atoms with Gasteiger partial charge in [-0.3, -0.25) is 4.79 Å². The molecule has 3 N–H and O–H groups in total. The lowest BCUT2D eigenvalue weighted by atomic mass is 9.85. The van der Waals surface area contributed by atoms with Crippen LogP contribution in [-0.4, -0.2) is 52.8 Å². The highest BCUT2D eigenvalue weighted by Gasteiger charge is 2.32. The SMILES string of the molecule is Cc1ccc(CC2(O)CCN(CCNC(=O)c3ccc(O)cc3)CC2)cc1.Cl. The molecule has 5 nitrogen and oxygen atoms in total. The van der Waals surface area contributed by atoms with Crippen LogP contribution in [0.25, 0.3) is 0 Å². The fourth-order valence-corrected chi connectivity index (χ4v) is 3.50. The summed E-state index contributed by atoms with van der Waals surface area (Å²) in [6, 6.07) is 14.6. The Bertz CT molecular complexity index is 754. The van der Waals surface area contributed by atoms with E-state index in [4.69, 9.17) is 0 Å². The van der Waals surface area contributed by atoms with Gasteiger partial charge in [0.2, 0.25) is 0 Å². The van der Waals surface area contributed by atoms with E-state index >= 15 is 0 Å². The molecular weight excluding hydrogens is 376 g/mol. The van der Waals surface area contributed by atoms with Crippen molar-refractivity contribution in [1.29, 1.82) is 0 Å². The third-order valence-corrected chi connectivity index (χ3v) is 5.28. The van der Waals surface area contributed by atoms with Crippen molar-refractivity contribution in [3.63, 3.8) is 0 Å². The number of likely N-dealkylation sites (tertiary alicyclic amines) is 1. The number of benzene rings is 2. The van der Waals surface area contributed by atoms with Crippen molar-refractivity contribution in [1.82, 2.24) is 10.2 Å². The van der Waals surface area contributed by atoms with Gasteiger partial charge in [-0.1, -0.05) is 29.8 Å². The molecule has 0 unspecified atom stereocenters. The highest BCUT2D eigenvalue weighted by atomic mass is 35.5. The van der Waals surface area contributed by atoms with Crippen LogP contribution < -0.4 is 5.32 Å². The zero-order valence-electron chi connectivity index (χ0n) is 16.2. The lowest BCUT2D eigenvalue weighted by Gasteiger charge is -2.38. The second kappa shape index (κ2) is 9.92. The molecule has 0 saturated carbocycles. The Hall–Kier alpha value is -2.08. The molecule has 28 heavy (non-hydrogen) atoms. The van der Waals surface area contributed by atoms with E-state index in [9.17, 15) is 15.0 Å². The second-order valence-corrected chi connectivity index (χ2v) is 7.53. The zero-order chi connectivity index (χ0) is 19.3. The number of aromatic hydroxyl groups is 1. The maximum absolute atomic E-state index is 12.1. The summed E-state index contributed by atoms with van der Waals surface area (Å²) in [6.07, 6.45) is 2.18. The summed E-state index contributed by atoms with van der Waals surface area (Å²) in [5.41, 5.74) is 2.31. The molecule has 1 aliphatic heterocycles. The molecule has 2 aromatic carbocycles. The molecule has 0 radical (unpaired) electrons. The molecule has 0 aliphatic carbocycles. The van der Waals surface area contributed by atoms with Crippen LogP contribution in [0.1, 0.15) is 34.3 Å². The number of halogens is 1. The highest BCUT2D eigenvalue weighted by Crippen LogP contribution is 2.26. The molecular formula is C22H29ClN2O3.